The van der Waals surface area contributed by atoms with Crippen molar-refractivity contribution in [3.8, 4) is 0 Å². The van der Waals surface area contributed by atoms with Gasteiger partial charge in [-0.3, -0.25) is 4.79 Å². The summed E-state index contributed by atoms with van der Waals surface area (Å²) in [6.07, 6.45) is -0.888. The van der Waals surface area contributed by atoms with Crippen molar-refractivity contribution in [3.05, 3.63) is 65.5 Å². The zero-order chi connectivity index (χ0) is 20.1. The Bertz CT molecular complexity index is 816. The molecule has 1 N–H and O–H groups in total. The van der Waals surface area contributed by atoms with E-state index < -0.39 is 6.09 Å². The Morgan fingerprint density at radius 1 is 1.00 bits per heavy atom. The maximum Gasteiger partial charge on any atom is 0.407 e. The molecule has 2 aromatic rings. The lowest BCUT2D eigenvalue weighted by Gasteiger charge is -2.34. The van der Waals surface area contributed by atoms with Gasteiger partial charge in [-0.15, -0.1) is 0 Å². The SMILES string of the molecule is CCN(Cc1ccc(F)cc1)C(=O)c1ccc(N2CCN(C(=O)O)CC2)cc1. The minimum Gasteiger partial charge on any atom is -0.465 e. The fraction of sp³-hybridized carbons (Fsp3) is 0.333. The predicted octanol–water partition coefficient (Wildman–Crippen LogP) is 3.29. The molecule has 1 aliphatic rings. The minimum absolute atomic E-state index is 0.0749. The Hall–Kier alpha value is -3.09. The third-order valence-electron chi connectivity index (χ3n) is 4.99. The van der Waals surface area contributed by atoms with Gasteiger partial charge in [0.05, 0.1) is 0 Å². The number of anilines is 1. The van der Waals surface area contributed by atoms with Crippen molar-refractivity contribution in [2.75, 3.05) is 37.6 Å². The van der Waals surface area contributed by atoms with Crippen LogP contribution in [0.5, 0.6) is 0 Å². The molecule has 0 saturated carbocycles. The molecule has 0 radical (unpaired) electrons. The first kappa shape index (κ1) is 19.7. The largest absolute Gasteiger partial charge is 0.465 e. The van der Waals surface area contributed by atoms with Crippen LogP contribution < -0.4 is 4.90 Å². The molecule has 2 aromatic carbocycles. The van der Waals surface area contributed by atoms with Crippen molar-refractivity contribution in [1.29, 1.82) is 0 Å². The second-order valence-corrected chi connectivity index (χ2v) is 6.75. The monoisotopic (exact) mass is 385 g/mol. The lowest BCUT2D eigenvalue weighted by Crippen LogP contribution is -2.48. The van der Waals surface area contributed by atoms with Crippen molar-refractivity contribution in [1.82, 2.24) is 9.80 Å². The van der Waals surface area contributed by atoms with Crippen LogP contribution >= 0.6 is 0 Å². The molecule has 0 spiro atoms. The summed E-state index contributed by atoms with van der Waals surface area (Å²) in [7, 11) is 0. The van der Waals surface area contributed by atoms with E-state index in [4.69, 9.17) is 5.11 Å². The minimum atomic E-state index is -0.888. The molecule has 148 valence electrons. The molecule has 1 heterocycles. The Labute approximate surface area is 163 Å². The molecule has 0 unspecified atom stereocenters. The van der Waals surface area contributed by atoms with Gasteiger partial charge in [0.1, 0.15) is 5.82 Å². The third-order valence-corrected chi connectivity index (χ3v) is 4.99. The number of piperazine rings is 1. The number of nitrogens with zero attached hydrogens (tertiary/aromatic N) is 3. The Morgan fingerprint density at radius 3 is 2.14 bits per heavy atom. The van der Waals surface area contributed by atoms with Crippen molar-refractivity contribution in [2.45, 2.75) is 13.5 Å². The molecule has 7 heteroatoms. The fourth-order valence-corrected chi connectivity index (χ4v) is 3.29. The van der Waals surface area contributed by atoms with Gasteiger partial charge >= 0.3 is 6.09 Å². The predicted molar refractivity (Wildman–Crippen MR) is 105 cm³/mol. The van der Waals surface area contributed by atoms with Crippen LogP contribution in [-0.2, 0) is 6.54 Å². The molecule has 0 bridgehead atoms. The van der Waals surface area contributed by atoms with Gasteiger partial charge in [0.15, 0.2) is 0 Å². The van der Waals surface area contributed by atoms with Crippen molar-refractivity contribution in [3.63, 3.8) is 0 Å². The number of carboxylic acid groups (broad SMARTS) is 1. The molecule has 0 atom stereocenters. The van der Waals surface area contributed by atoms with Crippen molar-refractivity contribution in [2.24, 2.45) is 0 Å². The number of rotatable bonds is 5. The Kier molecular flexibility index (Phi) is 6.13. The number of hydrogen-bond acceptors (Lipinski definition) is 3. The van der Waals surface area contributed by atoms with Gasteiger partial charge in [0.25, 0.3) is 5.91 Å². The molecular weight excluding hydrogens is 361 g/mol. The van der Waals surface area contributed by atoms with Crippen LogP contribution in [0.15, 0.2) is 48.5 Å². The van der Waals surface area contributed by atoms with Crippen LogP contribution in [0.2, 0.25) is 0 Å². The van der Waals surface area contributed by atoms with Gasteiger partial charge in [-0.2, -0.15) is 0 Å². The highest BCUT2D eigenvalue weighted by atomic mass is 19.1. The van der Waals surface area contributed by atoms with Crippen LogP contribution in [0.1, 0.15) is 22.8 Å². The standard InChI is InChI=1S/C21H24FN3O3/c1-2-23(15-16-3-7-18(22)8-4-16)20(26)17-5-9-19(10-6-17)24-11-13-25(14-12-24)21(27)28/h3-10H,2,11-15H2,1H3,(H,27,28). The Morgan fingerprint density at radius 2 is 1.61 bits per heavy atom. The van der Waals surface area contributed by atoms with E-state index >= 15 is 0 Å². The molecule has 1 fully saturated rings. The summed E-state index contributed by atoms with van der Waals surface area (Å²) in [6, 6.07) is 13.6. The second kappa shape index (κ2) is 8.73. The number of carbonyl (C=O) groups excluding carboxylic acids is 1. The lowest BCUT2D eigenvalue weighted by atomic mass is 10.1. The number of amides is 2. The van der Waals surface area contributed by atoms with Gasteiger partial charge < -0.3 is 19.8 Å². The van der Waals surface area contributed by atoms with Crippen LogP contribution in [0.3, 0.4) is 0 Å². The number of halogens is 1. The summed E-state index contributed by atoms with van der Waals surface area (Å²) in [5.74, 6) is -0.369. The molecule has 6 nitrogen and oxygen atoms in total. The number of benzene rings is 2. The summed E-state index contributed by atoms with van der Waals surface area (Å²) in [6.45, 7) is 5.09. The van der Waals surface area contributed by atoms with Gasteiger partial charge in [0, 0.05) is 50.5 Å². The van der Waals surface area contributed by atoms with Gasteiger partial charge in [-0.05, 0) is 48.9 Å². The molecule has 1 aliphatic heterocycles. The Balaban J connectivity index is 1.64. The zero-order valence-electron chi connectivity index (χ0n) is 15.8. The number of carbonyl (C=O) groups is 2. The molecule has 2 amide bonds. The summed E-state index contributed by atoms with van der Waals surface area (Å²) in [5.41, 5.74) is 2.45. The van der Waals surface area contributed by atoms with E-state index in [1.165, 1.54) is 17.0 Å². The first-order valence-corrected chi connectivity index (χ1v) is 9.34. The molecule has 0 aromatic heterocycles. The van der Waals surface area contributed by atoms with E-state index in [0.717, 1.165) is 11.3 Å². The van der Waals surface area contributed by atoms with E-state index in [0.29, 0.717) is 44.8 Å². The highest BCUT2D eigenvalue weighted by Crippen LogP contribution is 2.19. The maximum atomic E-state index is 13.1. The average Bonchev–Trinajstić information content (AvgIpc) is 2.73. The van der Waals surface area contributed by atoms with Crippen LogP contribution in [0.4, 0.5) is 14.9 Å². The molecule has 28 heavy (non-hydrogen) atoms. The molecular formula is C21H24FN3O3. The maximum absolute atomic E-state index is 13.1. The summed E-state index contributed by atoms with van der Waals surface area (Å²) in [5, 5.41) is 9.03. The van der Waals surface area contributed by atoms with E-state index in [1.54, 1.807) is 29.2 Å². The van der Waals surface area contributed by atoms with Crippen LogP contribution in [-0.4, -0.2) is 59.6 Å². The van der Waals surface area contributed by atoms with Gasteiger partial charge in [0.2, 0.25) is 0 Å². The van der Waals surface area contributed by atoms with E-state index in [-0.39, 0.29) is 11.7 Å². The second-order valence-electron chi connectivity index (χ2n) is 6.75. The van der Waals surface area contributed by atoms with Gasteiger partial charge in [-0.1, -0.05) is 12.1 Å². The van der Waals surface area contributed by atoms with E-state index in [2.05, 4.69) is 4.90 Å². The molecule has 3 rings (SSSR count). The smallest absolute Gasteiger partial charge is 0.407 e. The fourth-order valence-electron chi connectivity index (χ4n) is 3.29. The quantitative estimate of drug-likeness (QED) is 0.858. The van der Waals surface area contributed by atoms with E-state index in [9.17, 15) is 14.0 Å². The average molecular weight is 385 g/mol. The van der Waals surface area contributed by atoms with Crippen molar-refractivity contribution >= 4 is 17.7 Å². The summed E-state index contributed by atoms with van der Waals surface area (Å²) in [4.78, 5) is 29.1. The summed E-state index contributed by atoms with van der Waals surface area (Å²) >= 11 is 0. The zero-order valence-corrected chi connectivity index (χ0v) is 15.8. The first-order valence-electron chi connectivity index (χ1n) is 9.34. The van der Waals surface area contributed by atoms with Gasteiger partial charge in [-0.25, -0.2) is 9.18 Å². The van der Waals surface area contributed by atoms with Crippen LogP contribution in [0.25, 0.3) is 0 Å². The lowest BCUT2D eigenvalue weighted by molar-refractivity contribution is 0.0752. The van der Waals surface area contributed by atoms with Crippen molar-refractivity contribution < 1.29 is 19.1 Å². The third kappa shape index (κ3) is 4.60. The molecule has 0 aliphatic carbocycles. The highest BCUT2D eigenvalue weighted by molar-refractivity contribution is 5.94. The molecule has 1 saturated heterocycles. The first-order chi connectivity index (χ1) is 13.5. The van der Waals surface area contributed by atoms with Crippen LogP contribution in [0, 0.1) is 5.82 Å². The highest BCUT2D eigenvalue weighted by Gasteiger charge is 2.21. The normalized spacial score (nSPS) is 14.1. The van der Waals surface area contributed by atoms with E-state index in [1.807, 2.05) is 19.1 Å². The topological polar surface area (TPSA) is 64.1 Å². The number of hydrogen-bond donors (Lipinski definition) is 1. The summed E-state index contributed by atoms with van der Waals surface area (Å²) < 4.78 is 13.1.